The predicted octanol–water partition coefficient (Wildman–Crippen LogP) is 5.60. The Balaban J connectivity index is 1.66. The summed E-state index contributed by atoms with van der Waals surface area (Å²) in [6.45, 7) is 7.17. The molecular formula is C23H25N3OS. The molecule has 0 radical (unpaired) electrons. The monoisotopic (exact) mass is 391 g/mol. The van der Waals surface area contributed by atoms with E-state index in [-0.39, 0.29) is 11.9 Å². The standard InChI is InChI=1S/C23H25N3OS/c1-4-26-20-10-11-21(17-8-5-9-18(22(17)20)23(26)27)28-25-19(13-15(2)3)16-7-6-12-24-14-16/h5-12,14-15,19,25H,4,13H2,1-3H3. The van der Waals surface area contributed by atoms with Crippen LogP contribution in [0.15, 0.2) is 59.8 Å². The number of nitrogens with one attached hydrogen (secondary N) is 1. The molecule has 4 rings (SSSR count). The van der Waals surface area contributed by atoms with Crippen LogP contribution >= 0.6 is 11.9 Å². The van der Waals surface area contributed by atoms with Crippen LogP contribution in [0.5, 0.6) is 0 Å². The highest BCUT2D eigenvalue weighted by Gasteiger charge is 2.29. The second-order valence-corrected chi connectivity index (χ2v) is 8.43. The van der Waals surface area contributed by atoms with Gasteiger partial charge in [0.05, 0.1) is 5.69 Å². The van der Waals surface area contributed by atoms with Crippen molar-refractivity contribution in [2.24, 2.45) is 5.92 Å². The lowest BCUT2D eigenvalue weighted by Gasteiger charge is -2.21. The summed E-state index contributed by atoms with van der Waals surface area (Å²) in [5.41, 5.74) is 3.03. The van der Waals surface area contributed by atoms with Crippen LogP contribution in [0, 0.1) is 5.92 Å². The van der Waals surface area contributed by atoms with Crippen LogP contribution in [0.3, 0.4) is 0 Å². The zero-order chi connectivity index (χ0) is 19.7. The number of aromatic nitrogens is 1. The van der Waals surface area contributed by atoms with E-state index in [1.54, 1.807) is 11.9 Å². The fourth-order valence-corrected chi connectivity index (χ4v) is 4.78. The van der Waals surface area contributed by atoms with Crippen LogP contribution in [0.2, 0.25) is 0 Å². The lowest BCUT2D eigenvalue weighted by atomic mass is 9.99. The van der Waals surface area contributed by atoms with E-state index in [2.05, 4.69) is 47.8 Å². The molecule has 5 heteroatoms. The van der Waals surface area contributed by atoms with Crippen LogP contribution in [-0.2, 0) is 0 Å². The fraction of sp³-hybridized carbons (Fsp3) is 0.304. The number of benzene rings is 2. The summed E-state index contributed by atoms with van der Waals surface area (Å²) in [4.78, 5) is 20.0. The number of amides is 1. The van der Waals surface area contributed by atoms with Gasteiger partial charge in [-0.3, -0.25) is 14.5 Å². The predicted molar refractivity (Wildman–Crippen MR) is 117 cm³/mol. The van der Waals surface area contributed by atoms with Crippen LogP contribution in [0.25, 0.3) is 10.8 Å². The van der Waals surface area contributed by atoms with Crippen molar-refractivity contribution in [3.63, 3.8) is 0 Å². The summed E-state index contributed by atoms with van der Waals surface area (Å²) in [5, 5.41) is 2.20. The van der Waals surface area contributed by atoms with Crippen molar-refractivity contribution < 1.29 is 4.79 Å². The zero-order valence-electron chi connectivity index (χ0n) is 16.5. The van der Waals surface area contributed by atoms with E-state index in [9.17, 15) is 4.79 Å². The van der Waals surface area contributed by atoms with Gasteiger partial charge in [0.2, 0.25) is 0 Å². The van der Waals surface area contributed by atoms with E-state index in [4.69, 9.17) is 0 Å². The Morgan fingerprint density at radius 2 is 2.00 bits per heavy atom. The van der Waals surface area contributed by atoms with Crippen LogP contribution < -0.4 is 9.62 Å². The molecule has 1 atom stereocenters. The minimum Gasteiger partial charge on any atom is -0.308 e. The number of nitrogens with zero attached hydrogens (tertiary/aromatic N) is 2. The highest BCUT2D eigenvalue weighted by Crippen LogP contribution is 2.41. The number of rotatable bonds is 7. The van der Waals surface area contributed by atoms with E-state index in [0.717, 1.165) is 33.3 Å². The van der Waals surface area contributed by atoms with Gasteiger partial charge in [-0.25, -0.2) is 0 Å². The fourth-order valence-electron chi connectivity index (χ4n) is 3.86. The lowest BCUT2D eigenvalue weighted by Crippen LogP contribution is -2.25. The Bertz CT molecular complexity index is 1000. The molecule has 28 heavy (non-hydrogen) atoms. The molecule has 4 nitrogen and oxygen atoms in total. The van der Waals surface area contributed by atoms with Gasteiger partial charge in [-0.1, -0.05) is 32.0 Å². The van der Waals surface area contributed by atoms with Crippen molar-refractivity contribution in [1.82, 2.24) is 9.71 Å². The first kappa shape index (κ1) is 19.0. The molecule has 0 saturated carbocycles. The maximum Gasteiger partial charge on any atom is 0.258 e. The minimum atomic E-state index is 0.103. The largest absolute Gasteiger partial charge is 0.308 e. The summed E-state index contributed by atoms with van der Waals surface area (Å²) < 4.78 is 3.65. The first-order chi connectivity index (χ1) is 13.6. The molecule has 2 aromatic carbocycles. The smallest absolute Gasteiger partial charge is 0.258 e. The minimum absolute atomic E-state index is 0.103. The van der Waals surface area contributed by atoms with Crippen LogP contribution in [-0.4, -0.2) is 17.4 Å². The summed E-state index contributed by atoms with van der Waals surface area (Å²) in [5.74, 6) is 0.674. The summed E-state index contributed by atoms with van der Waals surface area (Å²) in [7, 11) is 0. The second kappa shape index (κ2) is 7.94. The highest BCUT2D eigenvalue weighted by atomic mass is 32.2. The molecule has 0 bridgehead atoms. The maximum atomic E-state index is 12.7. The van der Waals surface area contributed by atoms with Gasteiger partial charge in [-0.05, 0) is 66.4 Å². The van der Waals surface area contributed by atoms with Gasteiger partial charge in [0, 0.05) is 40.8 Å². The number of hydrogen-bond donors (Lipinski definition) is 1. The first-order valence-corrected chi connectivity index (χ1v) is 10.6. The third kappa shape index (κ3) is 3.40. The van der Waals surface area contributed by atoms with Crippen LogP contribution in [0.1, 0.15) is 49.2 Å². The van der Waals surface area contributed by atoms with Gasteiger partial charge in [-0.15, -0.1) is 0 Å². The highest BCUT2D eigenvalue weighted by molar-refractivity contribution is 7.97. The molecule has 2 heterocycles. The Hall–Kier alpha value is -2.37. The number of anilines is 1. The van der Waals surface area contributed by atoms with Crippen LogP contribution in [0.4, 0.5) is 5.69 Å². The van der Waals surface area contributed by atoms with Crippen molar-refractivity contribution in [1.29, 1.82) is 0 Å². The Morgan fingerprint density at radius 3 is 2.71 bits per heavy atom. The quantitative estimate of drug-likeness (QED) is 0.533. The molecular weight excluding hydrogens is 366 g/mol. The normalized spacial score (nSPS) is 14.3. The molecule has 3 aromatic rings. The van der Waals surface area contributed by atoms with Gasteiger partial charge in [0.1, 0.15) is 0 Å². The van der Waals surface area contributed by atoms with Gasteiger partial charge in [-0.2, -0.15) is 0 Å². The number of carbonyl (C=O) groups is 1. The average molecular weight is 392 g/mol. The summed E-state index contributed by atoms with van der Waals surface area (Å²) in [6, 6.07) is 14.5. The van der Waals surface area contributed by atoms with Crippen molar-refractivity contribution in [3.8, 4) is 0 Å². The van der Waals surface area contributed by atoms with Gasteiger partial charge < -0.3 is 4.90 Å². The number of carbonyl (C=O) groups excluding carboxylic acids is 1. The molecule has 0 spiro atoms. The molecule has 0 aliphatic carbocycles. The van der Waals surface area contributed by atoms with E-state index in [1.807, 2.05) is 42.4 Å². The van der Waals surface area contributed by atoms with E-state index >= 15 is 0 Å². The molecule has 1 aliphatic heterocycles. The molecule has 1 aliphatic rings. The zero-order valence-corrected chi connectivity index (χ0v) is 17.3. The van der Waals surface area contributed by atoms with E-state index < -0.39 is 0 Å². The van der Waals surface area contributed by atoms with E-state index in [0.29, 0.717) is 12.5 Å². The molecule has 0 saturated heterocycles. The third-order valence-corrected chi connectivity index (χ3v) is 6.14. The average Bonchev–Trinajstić information content (AvgIpc) is 2.99. The number of hydrogen-bond acceptors (Lipinski definition) is 4. The second-order valence-electron chi connectivity index (χ2n) is 7.55. The van der Waals surface area contributed by atoms with Crippen molar-refractivity contribution in [3.05, 3.63) is 66.0 Å². The SMILES string of the molecule is CCN1C(=O)c2cccc3c(SNC(CC(C)C)c4cccnc4)ccc1c23. The first-order valence-electron chi connectivity index (χ1n) is 9.80. The Kier molecular flexibility index (Phi) is 5.38. The molecule has 0 fully saturated rings. The topological polar surface area (TPSA) is 45.2 Å². The molecule has 1 amide bonds. The Labute approximate surface area is 170 Å². The molecule has 1 unspecified atom stereocenters. The third-order valence-electron chi connectivity index (χ3n) is 5.17. The van der Waals surface area contributed by atoms with Crippen molar-refractivity contribution in [2.75, 3.05) is 11.4 Å². The van der Waals surface area contributed by atoms with Crippen molar-refractivity contribution >= 4 is 34.3 Å². The summed E-state index contributed by atoms with van der Waals surface area (Å²) in [6.07, 6.45) is 4.77. The summed E-state index contributed by atoms with van der Waals surface area (Å²) >= 11 is 1.64. The van der Waals surface area contributed by atoms with Gasteiger partial charge >= 0.3 is 0 Å². The van der Waals surface area contributed by atoms with Crippen molar-refractivity contribution in [2.45, 2.75) is 38.1 Å². The van der Waals surface area contributed by atoms with E-state index in [1.165, 1.54) is 5.56 Å². The Morgan fingerprint density at radius 1 is 1.14 bits per heavy atom. The lowest BCUT2D eigenvalue weighted by molar-refractivity contribution is 0.0994. The number of pyridine rings is 1. The molecule has 144 valence electrons. The van der Waals surface area contributed by atoms with Gasteiger partial charge in [0.15, 0.2) is 0 Å². The maximum absolute atomic E-state index is 12.7. The van der Waals surface area contributed by atoms with Gasteiger partial charge in [0.25, 0.3) is 5.91 Å². The molecule has 1 N–H and O–H groups in total. The molecule has 1 aromatic heterocycles.